The van der Waals surface area contributed by atoms with E-state index in [0.717, 1.165) is 5.75 Å². The monoisotopic (exact) mass is 318 g/mol. The molecule has 1 aromatic heterocycles. The molecule has 0 unspecified atom stereocenters. The molecule has 0 aromatic carbocycles. The minimum atomic E-state index is -3.50. The van der Waals surface area contributed by atoms with Gasteiger partial charge in [0, 0.05) is 17.5 Å². The van der Waals surface area contributed by atoms with E-state index in [0.29, 0.717) is 23.2 Å². The van der Waals surface area contributed by atoms with Crippen molar-refractivity contribution in [1.82, 2.24) is 9.88 Å². The van der Waals surface area contributed by atoms with Crippen LogP contribution in [0.25, 0.3) is 0 Å². The average Bonchev–Trinajstić information content (AvgIpc) is 2.76. The number of nitrogens with one attached hydrogen (secondary N) is 1. The van der Waals surface area contributed by atoms with E-state index in [1.807, 2.05) is 11.8 Å². The first kappa shape index (κ1) is 15.9. The van der Waals surface area contributed by atoms with E-state index in [1.165, 1.54) is 32.1 Å². The highest BCUT2D eigenvalue weighted by Gasteiger charge is 2.23. The van der Waals surface area contributed by atoms with Crippen molar-refractivity contribution in [2.24, 2.45) is 0 Å². The first-order chi connectivity index (χ1) is 9.50. The zero-order valence-corrected chi connectivity index (χ0v) is 13.6. The maximum Gasteiger partial charge on any atom is 0.245 e. The molecule has 1 fully saturated rings. The number of hydrogen-bond donors (Lipinski definition) is 1. The third-order valence-corrected chi connectivity index (χ3v) is 6.62. The van der Waals surface area contributed by atoms with Gasteiger partial charge in [-0.05, 0) is 26.7 Å². The van der Waals surface area contributed by atoms with E-state index in [4.69, 9.17) is 4.52 Å². The van der Waals surface area contributed by atoms with Gasteiger partial charge in [-0.3, -0.25) is 0 Å². The third kappa shape index (κ3) is 3.99. The van der Waals surface area contributed by atoms with Gasteiger partial charge in [-0.15, -0.1) is 0 Å². The van der Waals surface area contributed by atoms with Gasteiger partial charge in [0.25, 0.3) is 0 Å². The molecule has 5 nitrogen and oxygen atoms in total. The van der Waals surface area contributed by atoms with Crippen LogP contribution in [0.3, 0.4) is 0 Å². The standard InChI is InChI=1S/C13H22N2O3S2/c1-10-13(11(2)18-15-10)20(16,17)14-8-9-19-12-6-4-3-5-7-12/h12,14H,3-9H2,1-2H3. The molecule has 1 aromatic rings. The number of aryl methyl sites for hydroxylation is 2. The van der Waals surface area contributed by atoms with Crippen molar-refractivity contribution < 1.29 is 12.9 Å². The number of thioether (sulfide) groups is 1. The van der Waals surface area contributed by atoms with Gasteiger partial charge in [-0.25, -0.2) is 13.1 Å². The molecule has 0 bridgehead atoms. The van der Waals surface area contributed by atoms with Crippen LogP contribution in [0, 0.1) is 13.8 Å². The molecule has 1 aliphatic rings. The van der Waals surface area contributed by atoms with Gasteiger partial charge in [0.15, 0.2) is 5.76 Å². The van der Waals surface area contributed by atoms with Crippen molar-refractivity contribution in [3.8, 4) is 0 Å². The van der Waals surface area contributed by atoms with Crippen LogP contribution >= 0.6 is 11.8 Å². The van der Waals surface area contributed by atoms with Gasteiger partial charge < -0.3 is 4.52 Å². The molecule has 1 saturated carbocycles. The molecule has 1 N–H and O–H groups in total. The SMILES string of the molecule is Cc1noc(C)c1S(=O)(=O)NCCSC1CCCCC1. The van der Waals surface area contributed by atoms with Gasteiger partial charge in [0.05, 0.1) is 0 Å². The molecule has 1 heterocycles. The van der Waals surface area contributed by atoms with Crippen LogP contribution in [0.1, 0.15) is 43.6 Å². The number of nitrogens with zero attached hydrogens (tertiary/aromatic N) is 1. The second kappa shape index (κ2) is 6.95. The number of hydrogen-bond acceptors (Lipinski definition) is 5. The van der Waals surface area contributed by atoms with Crippen LogP contribution in [0.2, 0.25) is 0 Å². The zero-order valence-electron chi connectivity index (χ0n) is 12.0. The number of aromatic nitrogens is 1. The van der Waals surface area contributed by atoms with Crippen molar-refractivity contribution in [1.29, 1.82) is 0 Å². The maximum absolute atomic E-state index is 12.2. The van der Waals surface area contributed by atoms with Crippen LogP contribution in [0.15, 0.2) is 9.42 Å². The highest BCUT2D eigenvalue weighted by atomic mass is 32.2. The Labute approximate surface area is 124 Å². The first-order valence-corrected chi connectivity index (χ1v) is 9.58. The van der Waals surface area contributed by atoms with E-state index in [9.17, 15) is 8.42 Å². The Bertz CT molecular complexity index is 514. The molecular formula is C13H22N2O3S2. The molecule has 0 radical (unpaired) electrons. The average molecular weight is 318 g/mol. The van der Waals surface area contributed by atoms with Crippen LogP contribution in [0.5, 0.6) is 0 Å². The Balaban J connectivity index is 1.81. The van der Waals surface area contributed by atoms with Crippen molar-refractivity contribution in [3.63, 3.8) is 0 Å². The maximum atomic E-state index is 12.2. The van der Waals surface area contributed by atoms with E-state index in [2.05, 4.69) is 9.88 Å². The highest BCUT2D eigenvalue weighted by Crippen LogP contribution is 2.27. The summed E-state index contributed by atoms with van der Waals surface area (Å²) in [6.45, 7) is 3.71. The topological polar surface area (TPSA) is 72.2 Å². The molecule has 114 valence electrons. The van der Waals surface area contributed by atoms with Crippen molar-refractivity contribution in [2.75, 3.05) is 12.3 Å². The minimum absolute atomic E-state index is 0.181. The lowest BCUT2D eigenvalue weighted by Crippen LogP contribution is -2.27. The summed E-state index contributed by atoms with van der Waals surface area (Å²) in [5.41, 5.74) is 0.412. The van der Waals surface area contributed by atoms with Crippen LogP contribution in [0.4, 0.5) is 0 Å². The van der Waals surface area contributed by atoms with E-state index in [1.54, 1.807) is 13.8 Å². The largest absolute Gasteiger partial charge is 0.360 e. The Kier molecular flexibility index (Phi) is 5.51. The van der Waals surface area contributed by atoms with E-state index >= 15 is 0 Å². The Morgan fingerprint density at radius 2 is 2.00 bits per heavy atom. The summed E-state index contributed by atoms with van der Waals surface area (Å²) in [6, 6.07) is 0. The van der Waals surface area contributed by atoms with Gasteiger partial charge in [0.2, 0.25) is 10.0 Å². The lowest BCUT2D eigenvalue weighted by Gasteiger charge is -2.20. The summed E-state index contributed by atoms with van der Waals surface area (Å²) in [5.74, 6) is 1.16. The molecule has 1 aliphatic carbocycles. The summed E-state index contributed by atoms with van der Waals surface area (Å²) < 4.78 is 31.9. The molecule has 0 atom stereocenters. The summed E-state index contributed by atoms with van der Waals surface area (Å²) in [4.78, 5) is 0.181. The second-order valence-corrected chi connectivity index (χ2v) is 8.29. The van der Waals surface area contributed by atoms with Crippen molar-refractivity contribution in [2.45, 2.75) is 56.1 Å². The van der Waals surface area contributed by atoms with Gasteiger partial charge in [-0.2, -0.15) is 11.8 Å². The molecule has 0 spiro atoms. The molecule has 0 amide bonds. The van der Waals surface area contributed by atoms with Crippen molar-refractivity contribution >= 4 is 21.8 Å². The fraction of sp³-hybridized carbons (Fsp3) is 0.769. The van der Waals surface area contributed by atoms with E-state index in [-0.39, 0.29) is 4.90 Å². The Hall–Kier alpha value is -0.530. The Morgan fingerprint density at radius 3 is 2.60 bits per heavy atom. The van der Waals surface area contributed by atoms with Crippen molar-refractivity contribution in [3.05, 3.63) is 11.5 Å². The summed E-state index contributed by atoms with van der Waals surface area (Å²) in [7, 11) is -3.50. The summed E-state index contributed by atoms with van der Waals surface area (Å²) >= 11 is 1.88. The molecule has 2 rings (SSSR count). The van der Waals surface area contributed by atoms with Gasteiger partial charge >= 0.3 is 0 Å². The zero-order chi connectivity index (χ0) is 14.6. The van der Waals surface area contributed by atoms with Gasteiger partial charge in [0.1, 0.15) is 10.6 Å². The molecule has 20 heavy (non-hydrogen) atoms. The van der Waals surface area contributed by atoms with E-state index < -0.39 is 10.0 Å². The smallest absolute Gasteiger partial charge is 0.245 e. The normalized spacial score (nSPS) is 17.5. The fourth-order valence-corrected chi connectivity index (χ4v) is 5.27. The first-order valence-electron chi connectivity index (χ1n) is 7.05. The number of rotatable bonds is 6. The third-order valence-electron chi connectivity index (χ3n) is 3.54. The fourth-order valence-electron chi connectivity index (χ4n) is 2.56. The second-order valence-electron chi connectivity index (χ2n) is 5.18. The molecular weight excluding hydrogens is 296 g/mol. The number of sulfonamides is 1. The highest BCUT2D eigenvalue weighted by molar-refractivity contribution is 8.00. The quantitative estimate of drug-likeness (QED) is 0.816. The summed E-state index contributed by atoms with van der Waals surface area (Å²) in [5, 5.41) is 4.39. The predicted octanol–water partition coefficient (Wildman–Crippen LogP) is 2.64. The van der Waals surface area contributed by atoms with Crippen LogP contribution in [-0.2, 0) is 10.0 Å². The Morgan fingerprint density at radius 1 is 1.30 bits per heavy atom. The summed E-state index contributed by atoms with van der Waals surface area (Å²) in [6.07, 6.45) is 6.49. The van der Waals surface area contributed by atoms with Gasteiger partial charge in [-0.1, -0.05) is 24.4 Å². The van der Waals surface area contributed by atoms with Crippen LogP contribution in [-0.4, -0.2) is 31.1 Å². The molecule has 7 heteroatoms. The minimum Gasteiger partial charge on any atom is -0.360 e. The predicted molar refractivity (Wildman–Crippen MR) is 80.5 cm³/mol. The lowest BCUT2D eigenvalue weighted by atomic mass is 10.0. The van der Waals surface area contributed by atoms with Crippen LogP contribution < -0.4 is 4.72 Å². The molecule has 0 saturated heterocycles. The lowest BCUT2D eigenvalue weighted by molar-refractivity contribution is 0.390. The molecule has 0 aliphatic heterocycles.